The second kappa shape index (κ2) is 10.5. The molecular weight excluding hydrogens is 398 g/mol. The Hall–Kier alpha value is -2.53. The number of halogens is 1. The third kappa shape index (κ3) is 5.76. The Labute approximate surface area is 185 Å². The number of benzene rings is 2. The van der Waals surface area contributed by atoms with E-state index in [1.54, 1.807) is 24.3 Å². The zero-order valence-electron chi connectivity index (χ0n) is 18.7. The fourth-order valence-corrected chi connectivity index (χ4v) is 3.48. The Kier molecular flexibility index (Phi) is 8.30. The van der Waals surface area contributed by atoms with Crippen molar-refractivity contribution in [2.75, 3.05) is 24.3 Å². The number of rotatable bonds is 8. The zero-order chi connectivity index (χ0) is 22.4. The average Bonchev–Trinajstić information content (AvgIpc) is 2.71. The van der Waals surface area contributed by atoms with Crippen LogP contribution >= 0.6 is 11.6 Å². The summed E-state index contributed by atoms with van der Waals surface area (Å²) >= 11 is 6.16. The first-order valence-corrected chi connectivity index (χ1v) is 10.7. The van der Waals surface area contributed by atoms with Crippen LogP contribution in [0.5, 0.6) is 0 Å². The van der Waals surface area contributed by atoms with Crippen LogP contribution in [-0.2, 0) is 11.3 Å². The van der Waals surface area contributed by atoms with Crippen LogP contribution in [0, 0.1) is 5.92 Å². The number of nitrogens with zero attached hydrogens (tertiary/aromatic N) is 2. The minimum Gasteiger partial charge on any atom is -0.377 e. The summed E-state index contributed by atoms with van der Waals surface area (Å²) < 4.78 is 0. The number of anilines is 2. The van der Waals surface area contributed by atoms with Crippen molar-refractivity contribution in [3.63, 3.8) is 0 Å². The maximum absolute atomic E-state index is 12.8. The van der Waals surface area contributed by atoms with Crippen molar-refractivity contribution in [2.45, 2.75) is 46.7 Å². The molecule has 2 aromatic rings. The van der Waals surface area contributed by atoms with Gasteiger partial charge in [-0.3, -0.25) is 9.59 Å². The number of hydrogen-bond acceptors (Lipinski definition) is 3. The monoisotopic (exact) mass is 429 g/mol. The van der Waals surface area contributed by atoms with Gasteiger partial charge in [0, 0.05) is 44.0 Å². The van der Waals surface area contributed by atoms with E-state index in [0.29, 0.717) is 22.8 Å². The van der Waals surface area contributed by atoms with Crippen LogP contribution in [0.1, 0.15) is 50.0 Å². The lowest BCUT2D eigenvalue weighted by Crippen LogP contribution is -2.40. The van der Waals surface area contributed by atoms with Gasteiger partial charge >= 0.3 is 0 Å². The van der Waals surface area contributed by atoms with Gasteiger partial charge in [0.1, 0.15) is 0 Å². The molecule has 0 heterocycles. The number of nitrogens with one attached hydrogen (secondary N) is 1. The van der Waals surface area contributed by atoms with Crippen molar-refractivity contribution in [2.24, 2.45) is 5.92 Å². The molecule has 2 aromatic carbocycles. The van der Waals surface area contributed by atoms with E-state index in [1.165, 1.54) is 0 Å². The molecule has 0 aliphatic carbocycles. The van der Waals surface area contributed by atoms with Gasteiger partial charge in [0.15, 0.2) is 0 Å². The first-order valence-electron chi connectivity index (χ1n) is 10.3. The van der Waals surface area contributed by atoms with E-state index in [9.17, 15) is 9.59 Å². The Morgan fingerprint density at radius 1 is 1.07 bits per heavy atom. The fraction of sp³-hybridized carbons (Fsp3) is 0.417. The largest absolute Gasteiger partial charge is 0.377 e. The van der Waals surface area contributed by atoms with E-state index in [2.05, 4.69) is 19.2 Å². The van der Waals surface area contributed by atoms with E-state index in [1.807, 2.05) is 55.9 Å². The van der Waals surface area contributed by atoms with Gasteiger partial charge in [-0.15, -0.1) is 0 Å². The highest BCUT2D eigenvalue weighted by Crippen LogP contribution is 2.27. The molecule has 0 aliphatic rings. The number of hydrogen-bond donors (Lipinski definition) is 1. The van der Waals surface area contributed by atoms with Crippen molar-refractivity contribution in [3.05, 3.63) is 58.6 Å². The third-order valence-corrected chi connectivity index (χ3v) is 5.51. The Balaban J connectivity index is 2.37. The minimum atomic E-state index is -0.263. The summed E-state index contributed by atoms with van der Waals surface area (Å²) in [6, 6.07) is 12.8. The van der Waals surface area contributed by atoms with E-state index in [4.69, 9.17) is 11.6 Å². The molecule has 6 heteroatoms. The van der Waals surface area contributed by atoms with E-state index >= 15 is 0 Å². The summed E-state index contributed by atoms with van der Waals surface area (Å²) in [6.45, 7) is 8.47. The molecule has 0 radical (unpaired) electrons. The van der Waals surface area contributed by atoms with E-state index < -0.39 is 0 Å². The smallest absolute Gasteiger partial charge is 0.257 e. The topological polar surface area (TPSA) is 52.7 Å². The van der Waals surface area contributed by atoms with Crippen LogP contribution in [-0.4, -0.2) is 36.9 Å². The molecule has 162 valence electrons. The van der Waals surface area contributed by atoms with Crippen LogP contribution in [0.3, 0.4) is 0 Å². The van der Waals surface area contributed by atoms with Gasteiger partial charge in [-0.2, -0.15) is 0 Å². The fourth-order valence-electron chi connectivity index (χ4n) is 3.26. The van der Waals surface area contributed by atoms with Gasteiger partial charge in [-0.25, -0.2) is 0 Å². The van der Waals surface area contributed by atoms with Crippen LogP contribution in [0.2, 0.25) is 5.02 Å². The molecule has 0 saturated heterocycles. The zero-order valence-corrected chi connectivity index (χ0v) is 19.5. The summed E-state index contributed by atoms with van der Waals surface area (Å²) in [6.07, 6.45) is 0.874. The molecule has 30 heavy (non-hydrogen) atoms. The summed E-state index contributed by atoms with van der Waals surface area (Å²) in [4.78, 5) is 29.5. The molecule has 0 aliphatic heterocycles. The third-order valence-electron chi connectivity index (χ3n) is 5.18. The first kappa shape index (κ1) is 23.7. The molecule has 2 rings (SSSR count). The molecule has 0 saturated carbocycles. The SMILES string of the molecule is CC[C@@H](C)N(Cc1cc(NC(=O)c2ccccc2Cl)ccc1N(C)C)C(=O)C(C)C. The second-order valence-corrected chi connectivity index (χ2v) is 8.46. The highest BCUT2D eigenvalue weighted by molar-refractivity contribution is 6.34. The van der Waals surface area contributed by atoms with Gasteiger partial charge in [0.05, 0.1) is 10.6 Å². The Morgan fingerprint density at radius 3 is 2.30 bits per heavy atom. The molecular formula is C24H32ClN3O2. The molecule has 1 N–H and O–H groups in total. The lowest BCUT2D eigenvalue weighted by atomic mass is 10.1. The lowest BCUT2D eigenvalue weighted by molar-refractivity contribution is -0.137. The molecule has 0 unspecified atom stereocenters. The first-order chi connectivity index (χ1) is 14.1. The highest BCUT2D eigenvalue weighted by atomic mass is 35.5. The van der Waals surface area contributed by atoms with Crippen LogP contribution in [0.4, 0.5) is 11.4 Å². The summed E-state index contributed by atoms with van der Waals surface area (Å²) in [5.41, 5.74) is 3.08. The molecule has 0 aromatic heterocycles. The standard InChI is InChI=1S/C24H32ClN3O2/c1-7-17(4)28(24(30)16(2)3)15-18-14-19(12-13-22(18)27(5)6)26-23(29)20-10-8-9-11-21(20)25/h8-14,16-17H,7,15H2,1-6H3,(H,26,29)/t17-/m1/s1. The van der Waals surface area contributed by atoms with E-state index in [-0.39, 0.29) is 23.8 Å². The van der Waals surface area contributed by atoms with Gasteiger partial charge in [-0.1, -0.05) is 44.5 Å². The molecule has 0 bridgehead atoms. The number of carbonyl (C=O) groups excluding carboxylic acids is 2. The molecule has 2 amide bonds. The summed E-state index contributed by atoms with van der Waals surface area (Å²) in [5, 5.41) is 3.34. The van der Waals surface area contributed by atoms with Crippen LogP contribution in [0.15, 0.2) is 42.5 Å². The van der Waals surface area contributed by atoms with Gasteiger partial charge in [0.25, 0.3) is 5.91 Å². The molecule has 1 atom stereocenters. The predicted molar refractivity (Wildman–Crippen MR) is 125 cm³/mol. The minimum absolute atomic E-state index is 0.0788. The van der Waals surface area contributed by atoms with Crippen LogP contribution < -0.4 is 10.2 Å². The predicted octanol–water partition coefficient (Wildman–Crippen LogP) is 5.44. The number of carbonyl (C=O) groups is 2. The lowest BCUT2D eigenvalue weighted by Gasteiger charge is -2.32. The van der Waals surface area contributed by atoms with Crippen molar-refractivity contribution in [3.8, 4) is 0 Å². The van der Waals surface area contributed by atoms with Crippen molar-refractivity contribution in [1.82, 2.24) is 4.90 Å². The maximum atomic E-state index is 12.8. The quantitative estimate of drug-likeness (QED) is 0.607. The van der Waals surface area contributed by atoms with Crippen LogP contribution in [0.25, 0.3) is 0 Å². The molecule has 5 nitrogen and oxygen atoms in total. The summed E-state index contributed by atoms with van der Waals surface area (Å²) in [7, 11) is 3.94. The van der Waals surface area contributed by atoms with Gasteiger partial charge in [-0.05, 0) is 49.2 Å². The molecule has 0 fully saturated rings. The second-order valence-electron chi connectivity index (χ2n) is 8.05. The van der Waals surface area contributed by atoms with Crippen molar-refractivity contribution in [1.29, 1.82) is 0 Å². The van der Waals surface area contributed by atoms with E-state index in [0.717, 1.165) is 17.7 Å². The van der Waals surface area contributed by atoms with Crippen molar-refractivity contribution >= 4 is 34.8 Å². The normalized spacial score (nSPS) is 11.9. The van der Waals surface area contributed by atoms with Gasteiger partial charge < -0.3 is 15.1 Å². The highest BCUT2D eigenvalue weighted by Gasteiger charge is 2.23. The Morgan fingerprint density at radius 2 is 1.73 bits per heavy atom. The van der Waals surface area contributed by atoms with Gasteiger partial charge in [0.2, 0.25) is 5.91 Å². The summed E-state index contributed by atoms with van der Waals surface area (Å²) in [5.74, 6) is -0.217. The van der Waals surface area contributed by atoms with Crippen molar-refractivity contribution < 1.29 is 9.59 Å². The Bertz CT molecular complexity index is 896. The average molecular weight is 430 g/mol. The number of amides is 2. The molecule has 0 spiro atoms. The maximum Gasteiger partial charge on any atom is 0.257 e.